The lowest BCUT2D eigenvalue weighted by Crippen LogP contribution is -2.30. The van der Waals surface area contributed by atoms with E-state index >= 15 is 0 Å². The fraction of sp³-hybridized carbons (Fsp3) is 0.579. The van der Waals surface area contributed by atoms with Gasteiger partial charge in [0.1, 0.15) is 5.75 Å². The van der Waals surface area contributed by atoms with Gasteiger partial charge in [0.15, 0.2) is 0 Å². The Morgan fingerprint density at radius 3 is 2.68 bits per heavy atom. The van der Waals surface area contributed by atoms with E-state index in [1.165, 1.54) is 0 Å². The van der Waals surface area contributed by atoms with E-state index in [9.17, 15) is 9.59 Å². The average Bonchev–Trinajstić information content (AvgIpc) is 2.90. The summed E-state index contributed by atoms with van der Waals surface area (Å²) in [5.74, 6) is 1.73. The van der Waals surface area contributed by atoms with Crippen molar-refractivity contribution >= 4 is 29.3 Å². The van der Waals surface area contributed by atoms with Crippen molar-refractivity contribution in [3.8, 4) is 5.75 Å². The summed E-state index contributed by atoms with van der Waals surface area (Å²) in [6.07, 6.45) is 4.38. The van der Waals surface area contributed by atoms with Crippen molar-refractivity contribution in [3.05, 3.63) is 24.3 Å². The number of anilines is 1. The second kappa shape index (κ2) is 9.70. The van der Waals surface area contributed by atoms with Gasteiger partial charge in [0.2, 0.25) is 11.8 Å². The molecule has 5 nitrogen and oxygen atoms in total. The molecule has 1 saturated heterocycles. The monoisotopic (exact) mass is 364 g/mol. The highest BCUT2D eigenvalue weighted by Crippen LogP contribution is 2.30. The maximum Gasteiger partial charge on any atom is 0.226 e. The molecule has 0 spiro atoms. The Morgan fingerprint density at radius 1 is 1.36 bits per heavy atom. The second-order valence-corrected chi connectivity index (χ2v) is 7.35. The molecule has 0 radical (unpaired) electrons. The zero-order valence-corrected chi connectivity index (χ0v) is 16.1. The molecule has 1 aliphatic heterocycles. The minimum atomic E-state index is -0.206. The van der Waals surface area contributed by atoms with Gasteiger partial charge >= 0.3 is 0 Å². The Bertz CT molecular complexity index is 577. The quantitative estimate of drug-likeness (QED) is 0.731. The first-order valence-corrected chi connectivity index (χ1v) is 10.2. The van der Waals surface area contributed by atoms with Gasteiger partial charge in [-0.15, -0.1) is 0 Å². The van der Waals surface area contributed by atoms with Gasteiger partial charge in [-0.2, -0.15) is 11.8 Å². The molecule has 0 saturated carbocycles. The largest absolute Gasteiger partial charge is 0.497 e. The Balaban J connectivity index is 1.96. The maximum absolute atomic E-state index is 12.7. The Morgan fingerprint density at radius 2 is 2.08 bits per heavy atom. The molecule has 1 heterocycles. The Labute approximate surface area is 154 Å². The first-order chi connectivity index (χ1) is 12.1. The number of amides is 2. The van der Waals surface area contributed by atoms with Crippen molar-refractivity contribution in [2.24, 2.45) is 11.8 Å². The number of hydrogen-bond acceptors (Lipinski definition) is 4. The van der Waals surface area contributed by atoms with E-state index in [1.807, 2.05) is 11.2 Å². The fourth-order valence-electron chi connectivity index (χ4n) is 3.21. The molecule has 2 atom stereocenters. The van der Waals surface area contributed by atoms with Gasteiger partial charge in [-0.3, -0.25) is 9.59 Å². The molecule has 1 N–H and O–H groups in total. The molecule has 6 heteroatoms. The Kier molecular flexibility index (Phi) is 7.62. The van der Waals surface area contributed by atoms with Crippen LogP contribution >= 0.6 is 11.8 Å². The first kappa shape index (κ1) is 19.6. The van der Waals surface area contributed by atoms with Gasteiger partial charge in [-0.25, -0.2) is 0 Å². The number of nitrogens with one attached hydrogen (secondary N) is 1. The number of rotatable bonds is 9. The first-order valence-electron chi connectivity index (χ1n) is 8.80. The van der Waals surface area contributed by atoms with E-state index in [0.29, 0.717) is 0 Å². The predicted octanol–water partition coefficient (Wildman–Crippen LogP) is 3.26. The van der Waals surface area contributed by atoms with E-state index in [1.54, 1.807) is 43.1 Å². The van der Waals surface area contributed by atoms with Gasteiger partial charge in [0.25, 0.3) is 0 Å². The second-order valence-electron chi connectivity index (χ2n) is 6.44. The summed E-state index contributed by atoms with van der Waals surface area (Å²) in [6.45, 7) is 3.71. The van der Waals surface area contributed by atoms with Crippen LogP contribution in [0.15, 0.2) is 24.3 Å². The number of unbranched alkanes of at least 4 members (excludes halogenated alkanes) is 1. The molecule has 0 aromatic heterocycles. The molecule has 2 amide bonds. The van der Waals surface area contributed by atoms with Crippen LogP contribution in [0.5, 0.6) is 5.75 Å². The molecule has 2 rings (SSSR count). The predicted molar refractivity (Wildman–Crippen MR) is 103 cm³/mol. The molecule has 1 aromatic carbocycles. The molecule has 1 aliphatic rings. The molecule has 0 aliphatic carbocycles. The van der Waals surface area contributed by atoms with Crippen LogP contribution in [-0.4, -0.2) is 48.9 Å². The van der Waals surface area contributed by atoms with Crippen molar-refractivity contribution in [1.29, 1.82) is 0 Å². The molecule has 0 bridgehead atoms. The number of hydrogen-bond donors (Lipinski definition) is 1. The summed E-state index contributed by atoms with van der Waals surface area (Å²) < 4.78 is 5.12. The zero-order valence-electron chi connectivity index (χ0n) is 15.3. The summed E-state index contributed by atoms with van der Waals surface area (Å²) in [5.41, 5.74) is 0.723. The smallest absolute Gasteiger partial charge is 0.226 e. The molecule has 138 valence electrons. The van der Waals surface area contributed by atoms with E-state index in [4.69, 9.17) is 4.74 Å². The lowest BCUT2D eigenvalue weighted by atomic mass is 9.93. The fourth-order valence-corrected chi connectivity index (χ4v) is 3.98. The lowest BCUT2D eigenvalue weighted by Gasteiger charge is -2.16. The van der Waals surface area contributed by atoms with Crippen molar-refractivity contribution in [2.45, 2.75) is 26.2 Å². The number of carbonyl (C=O) groups excluding carboxylic acids is 2. The number of ether oxygens (including phenoxy) is 1. The van der Waals surface area contributed by atoms with Crippen LogP contribution in [-0.2, 0) is 9.59 Å². The summed E-state index contributed by atoms with van der Waals surface area (Å²) in [5, 5.41) is 2.89. The highest BCUT2D eigenvalue weighted by atomic mass is 32.2. The molecule has 1 fully saturated rings. The van der Waals surface area contributed by atoms with Gasteiger partial charge in [0, 0.05) is 25.2 Å². The van der Waals surface area contributed by atoms with E-state index in [-0.39, 0.29) is 30.1 Å². The molecule has 1 aromatic rings. The minimum absolute atomic E-state index is 0.105. The number of likely N-dealkylation sites (tertiary alicyclic amines) is 1. The van der Waals surface area contributed by atoms with Crippen molar-refractivity contribution in [1.82, 2.24) is 4.90 Å². The molecular weight excluding hydrogens is 336 g/mol. The lowest BCUT2D eigenvalue weighted by molar-refractivity contribution is -0.133. The van der Waals surface area contributed by atoms with Gasteiger partial charge < -0.3 is 15.0 Å². The van der Waals surface area contributed by atoms with E-state index in [0.717, 1.165) is 43.1 Å². The van der Waals surface area contributed by atoms with Gasteiger partial charge in [-0.1, -0.05) is 13.3 Å². The summed E-state index contributed by atoms with van der Waals surface area (Å²) in [4.78, 5) is 27.0. The van der Waals surface area contributed by atoms with Gasteiger partial charge in [0.05, 0.1) is 13.0 Å². The van der Waals surface area contributed by atoms with Crippen LogP contribution in [0.25, 0.3) is 0 Å². The zero-order chi connectivity index (χ0) is 18.2. The van der Waals surface area contributed by atoms with E-state index in [2.05, 4.69) is 12.2 Å². The summed E-state index contributed by atoms with van der Waals surface area (Å²) >= 11 is 1.74. The third-order valence-electron chi connectivity index (χ3n) is 4.59. The maximum atomic E-state index is 12.7. The Hall–Kier alpha value is -1.69. The van der Waals surface area contributed by atoms with Crippen LogP contribution in [0.4, 0.5) is 5.69 Å². The number of benzene rings is 1. The van der Waals surface area contributed by atoms with Crippen LogP contribution < -0.4 is 10.1 Å². The molecule has 25 heavy (non-hydrogen) atoms. The average molecular weight is 365 g/mol. The third-order valence-corrected chi connectivity index (χ3v) is 5.36. The van der Waals surface area contributed by atoms with Crippen molar-refractivity contribution in [3.63, 3.8) is 0 Å². The van der Waals surface area contributed by atoms with Gasteiger partial charge in [-0.05, 0) is 48.6 Å². The van der Waals surface area contributed by atoms with Crippen LogP contribution in [0.1, 0.15) is 26.2 Å². The number of methoxy groups -OCH3 is 1. The minimum Gasteiger partial charge on any atom is -0.497 e. The summed E-state index contributed by atoms with van der Waals surface area (Å²) in [7, 11) is 1.61. The number of nitrogens with zero attached hydrogens (tertiary/aromatic N) is 1. The molecule has 0 unspecified atom stereocenters. The SMILES string of the molecule is CCCCN1C[C@H](CSC)[C@@H](CC(=O)Nc2ccc(OC)cc2)C1=O. The topological polar surface area (TPSA) is 58.6 Å². The van der Waals surface area contributed by atoms with Crippen LogP contribution in [0.3, 0.4) is 0 Å². The molecular formula is C19H28N2O3S. The number of carbonyl (C=O) groups is 2. The normalized spacial score (nSPS) is 20.0. The van der Waals surface area contributed by atoms with Crippen LogP contribution in [0, 0.1) is 11.8 Å². The standard InChI is InChI=1S/C19H28N2O3S/c1-4-5-10-21-12-14(13-25-3)17(19(21)23)11-18(22)20-15-6-8-16(24-2)9-7-15/h6-9,14,17H,4-5,10-13H2,1-3H3,(H,20,22)/t14-,17-/m1/s1. The van der Waals surface area contributed by atoms with E-state index < -0.39 is 0 Å². The summed E-state index contributed by atoms with van der Waals surface area (Å²) in [6, 6.07) is 7.22. The highest BCUT2D eigenvalue weighted by Gasteiger charge is 2.40. The van der Waals surface area contributed by atoms with Crippen LogP contribution in [0.2, 0.25) is 0 Å². The third kappa shape index (κ3) is 5.39. The van der Waals surface area contributed by atoms with Crippen molar-refractivity contribution < 1.29 is 14.3 Å². The number of thioether (sulfide) groups is 1. The van der Waals surface area contributed by atoms with Crippen molar-refractivity contribution in [2.75, 3.05) is 37.5 Å². The highest BCUT2D eigenvalue weighted by molar-refractivity contribution is 7.98.